The van der Waals surface area contributed by atoms with Crippen molar-refractivity contribution in [2.45, 2.75) is 18.8 Å². The Hall–Kier alpha value is -1.33. The third-order valence-electron chi connectivity index (χ3n) is 3.97. The second-order valence-electron chi connectivity index (χ2n) is 5.63. The zero-order valence-corrected chi connectivity index (χ0v) is 12.8. The number of nitro groups is 1. The minimum Gasteiger partial charge on any atom is -0.364 e. The van der Waals surface area contributed by atoms with Gasteiger partial charge in [0.05, 0.1) is 4.92 Å². The highest BCUT2D eigenvalue weighted by Crippen LogP contribution is 2.34. The zero-order valence-electron chi connectivity index (χ0n) is 12.0. The minimum atomic E-state index is -0.320. The van der Waals surface area contributed by atoms with Crippen LogP contribution < -0.4 is 4.90 Å². The molecule has 1 saturated heterocycles. The number of benzene rings is 1. The number of rotatable bonds is 4. The molecule has 2 unspecified atom stereocenters. The number of anilines is 1. The summed E-state index contributed by atoms with van der Waals surface area (Å²) in [5, 5.41) is 11.3. The van der Waals surface area contributed by atoms with Crippen molar-refractivity contribution >= 4 is 23.0 Å². The minimum absolute atomic E-state index is 0.148. The van der Waals surface area contributed by atoms with Crippen molar-refractivity contribution in [3.63, 3.8) is 0 Å². The SMILES string of the molecule is CC1CN(c2ccc(CCl)cc2[N+](=O)[O-])CC1N(C)C. The van der Waals surface area contributed by atoms with Gasteiger partial charge in [0, 0.05) is 31.1 Å². The summed E-state index contributed by atoms with van der Waals surface area (Å²) in [6, 6.07) is 5.68. The first-order valence-corrected chi connectivity index (χ1v) is 7.22. The van der Waals surface area contributed by atoms with Crippen LogP contribution in [0, 0.1) is 16.0 Å². The van der Waals surface area contributed by atoms with Crippen molar-refractivity contribution in [3.05, 3.63) is 33.9 Å². The van der Waals surface area contributed by atoms with Gasteiger partial charge in [-0.05, 0) is 31.6 Å². The summed E-state index contributed by atoms with van der Waals surface area (Å²) in [6.07, 6.45) is 0. The second kappa shape index (κ2) is 5.97. The Labute approximate surface area is 124 Å². The van der Waals surface area contributed by atoms with Crippen LogP contribution in [-0.2, 0) is 5.88 Å². The number of hydrogen-bond acceptors (Lipinski definition) is 4. The second-order valence-corrected chi connectivity index (χ2v) is 5.89. The summed E-state index contributed by atoms with van der Waals surface area (Å²) in [7, 11) is 4.10. The lowest BCUT2D eigenvalue weighted by molar-refractivity contribution is -0.384. The summed E-state index contributed by atoms with van der Waals surface area (Å²) in [5.74, 6) is 0.773. The fraction of sp³-hybridized carbons (Fsp3) is 0.571. The molecule has 0 bridgehead atoms. The summed E-state index contributed by atoms with van der Waals surface area (Å²) >= 11 is 5.76. The molecule has 1 fully saturated rings. The number of likely N-dealkylation sites (N-methyl/N-ethyl adjacent to an activating group) is 1. The normalized spacial score (nSPS) is 22.6. The number of alkyl halides is 1. The average molecular weight is 298 g/mol. The molecule has 1 aliphatic rings. The van der Waals surface area contributed by atoms with E-state index in [-0.39, 0.29) is 16.5 Å². The maximum atomic E-state index is 11.3. The van der Waals surface area contributed by atoms with Gasteiger partial charge in [0.15, 0.2) is 0 Å². The van der Waals surface area contributed by atoms with E-state index in [1.54, 1.807) is 6.07 Å². The molecular formula is C14H20ClN3O2. The molecule has 0 aromatic heterocycles. The zero-order chi connectivity index (χ0) is 14.9. The van der Waals surface area contributed by atoms with Gasteiger partial charge in [-0.15, -0.1) is 11.6 Å². The first-order chi connectivity index (χ1) is 9.43. The van der Waals surface area contributed by atoms with Gasteiger partial charge in [0.1, 0.15) is 5.69 Å². The molecule has 110 valence electrons. The van der Waals surface area contributed by atoms with E-state index in [2.05, 4.69) is 30.8 Å². The maximum absolute atomic E-state index is 11.3. The lowest BCUT2D eigenvalue weighted by Crippen LogP contribution is -2.34. The predicted octanol–water partition coefficient (Wildman–Crippen LogP) is 2.72. The summed E-state index contributed by atoms with van der Waals surface area (Å²) < 4.78 is 0. The van der Waals surface area contributed by atoms with E-state index in [1.807, 2.05) is 12.1 Å². The Morgan fingerprint density at radius 1 is 1.45 bits per heavy atom. The molecule has 1 aliphatic heterocycles. The molecule has 1 aromatic rings. The van der Waals surface area contributed by atoms with Gasteiger partial charge in [0.2, 0.25) is 0 Å². The van der Waals surface area contributed by atoms with Crippen molar-refractivity contribution in [1.29, 1.82) is 0 Å². The smallest absolute Gasteiger partial charge is 0.292 e. The quantitative estimate of drug-likeness (QED) is 0.487. The molecule has 1 aromatic carbocycles. The predicted molar refractivity (Wildman–Crippen MR) is 81.5 cm³/mol. The van der Waals surface area contributed by atoms with E-state index in [1.165, 1.54) is 0 Å². The van der Waals surface area contributed by atoms with Crippen LogP contribution in [0.25, 0.3) is 0 Å². The van der Waals surface area contributed by atoms with Gasteiger partial charge in [-0.2, -0.15) is 0 Å². The van der Waals surface area contributed by atoms with Gasteiger partial charge >= 0.3 is 0 Å². The van der Waals surface area contributed by atoms with Gasteiger partial charge in [0.25, 0.3) is 5.69 Å². The Bertz CT molecular complexity index is 507. The van der Waals surface area contributed by atoms with Crippen LogP contribution in [0.1, 0.15) is 12.5 Å². The van der Waals surface area contributed by atoms with Crippen LogP contribution in [0.2, 0.25) is 0 Å². The molecular weight excluding hydrogens is 278 g/mol. The molecule has 0 amide bonds. The topological polar surface area (TPSA) is 49.6 Å². The Morgan fingerprint density at radius 2 is 2.15 bits per heavy atom. The van der Waals surface area contributed by atoms with Crippen molar-refractivity contribution in [2.24, 2.45) is 5.92 Å². The Kier molecular flexibility index (Phi) is 4.50. The lowest BCUT2D eigenvalue weighted by Gasteiger charge is -2.23. The molecule has 20 heavy (non-hydrogen) atoms. The first kappa shape index (κ1) is 15.1. The monoisotopic (exact) mass is 297 g/mol. The van der Waals surface area contributed by atoms with Crippen molar-refractivity contribution < 1.29 is 4.92 Å². The molecule has 0 N–H and O–H groups in total. The fourth-order valence-electron chi connectivity index (χ4n) is 2.88. The van der Waals surface area contributed by atoms with Crippen molar-refractivity contribution in [2.75, 3.05) is 32.1 Å². The number of halogens is 1. The van der Waals surface area contributed by atoms with Crippen LogP contribution >= 0.6 is 11.6 Å². The highest BCUT2D eigenvalue weighted by atomic mass is 35.5. The van der Waals surface area contributed by atoms with E-state index in [9.17, 15) is 10.1 Å². The third kappa shape index (κ3) is 2.88. The summed E-state index contributed by atoms with van der Waals surface area (Å²) in [6.45, 7) is 3.84. The van der Waals surface area contributed by atoms with E-state index >= 15 is 0 Å². The van der Waals surface area contributed by atoms with Gasteiger partial charge in [-0.1, -0.05) is 13.0 Å². The van der Waals surface area contributed by atoms with Gasteiger partial charge in [-0.3, -0.25) is 10.1 Å². The van der Waals surface area contributed by atoms with Gasteiger partial charge < -0.3 is 9.80 Å². The van der Waals surface area contributed by atoms with Crippen LogP contribution in [0.5, 0.6) is 0 Å². The van der Waals surface area contributed by atoms with Crippen molar-refractivity contribution in [3.8, 4) is 0 Å². The maximum Gasteiger partial charge on any atom is 0.292 e. The molecule has 0 spiro atoms. The van der Waals surface area contributed by atoms with Crippen LogP contribution in [0.15, 0.2) is 18.2 Å². The number of hydrogen-bond donors (Lipinski definition) is 0. The van der Waals surface area contributed by atoms with E-state index in [0.29, 0.717) is 17.6 Å². The van der Waals surface area contributed by atoms with Crippen LogP contribution in [0.3, 0.4) is 0 Å². The average Bonchev–Trinajstić information content (AvgIpc) is 2.80. The fourth-order valence-corrected chi connectivity index (χ4v) is 3.05. The lowest BCUT2D eigenvalue weighted by atomic mass is 10.1. The van der Waals surface area contributed by atoms with Crippen LogP contribution in [-0.4, -0.2) is 43.0 Å². The Morgan fingerprint density at radius 3 is 2.65 bits per heavy atom. The molecule has 2 atom stereocenters. The molecule has 6 heteroatoms. The van der Waals surface area contributed by atoms with Crippen molar-refractivity contribution in [1.82, 2.24) is 4.90 Å². The van der Waals surface area contributed by atoms with Crippen LogP contribution in [0.4, 0.5) is 11.4 Å². The molecule has 0 saturated carbocycles. The summed E-state index contributed by atoms with van der Waals surface area (Å²) in [5.41, 5.74) is 1.62. The summed E-state index contributed by atoms with van der Waals surface area (Å²) in [4.78, 5) is 15.2. The first-order valence-electron chi connectivity index (χ1n) is 6.68. The molecule has 0 radical (unpaired) electrons. The van der Waals surface area contributed by atoms with E-state index < -0.39 is 0 Å². The molecule has 2 rings (SSSR count). The number of nitro benzene ring substituents is 1. The number of nitrogens with zero attached hydrogens (tertiary/aromatic N) is 3. The molecule has 1 heterocycles. The van der Waals surface area contributed by atoms with E-state index in [0.717, 1.165) is 18.7 Å². The highest BCUT2D eigenvalue weighted by molar-refractivity contribution is 6.17. The standard InChI is InChI=1S/C14H20ClN3O2/c1-10-8-17(9-14(10)16(2)3)12-5-4-11(7-15)6-13(12)18(19)20/h4-6,10,14H,7-9H2,1-3H3. The molecule has 0 aliphatic carbocycles. The van der Waals surface area contributed by atoms with E-state index in [4.69, 9.17) is 11.6 Å². The molecule has 5 nitrogen and oxygen atoms in total. The Balaban J connectivity index is 2.32. The largest absolute Gasteiger partial charge is 0.364 e. The third-order valence-corrected chi connectivity index (χ3v) is 4.28. The van der Waals surface area contributed by atoms with Gasteiger partial charge in [-0.25, -0.2) is 0 Å². The highest BCUT2D eigenvalue weighted by Gasteiger charge is 2.33.